The minimum Gasteiger partial charge on any atom is -0.371 e. The molecule has 1 aromatic rings. The maximum absolute atomic E-state index is 3.53. The zero-order valence-corrected chi connectivity index (χ0v) is 12.5. The van der Waals surface area contributed by atoms with E-state index in [2.05, 4.69) is 48.3 Å². The van der Waals surface area contributed by atoms with Crippen LogP contribution in [0.3, 0.4) is 0 Å². The summed E-state index contributed by atoms with van der Waals surface area (Å²) in [5, 5.41) is 3.53. The van der Waals surface area contributed by atoms with Crippen LogP contribution in [0.4, 0.5) is 5.69 Å². The first-order valence-electron chi connectivity index (χ1n) is 7.88. The van der Waals surface area contributed by atoms with E-state index in [1.807, 2.05) is 0 Å². The Balaban J connectivity index is 2.05. The molecule has 106 valence electrons. The first-order chi connectivity index (χ1) is 9.35. The minimum atomic E-state index is 0.880. The summed E-state index contributed by atoms with van der Waals surface area (Å²) in [5.41, 5.74) is 2.90. The summed E-state index contributed by atoms with van der Waals surface area (Å²) in [4.78, 5) is 2.60. The van der Waals surface area contributed by atoms with Crippen molar-refractivity contribution >= 4 is 5.69 Å². The van der Waals surface area contributed by atoms with Crippen LogP contribution in [0.15, 0.2) is 24.3 Å². The number of nitrogens with one attached hydrogen (secondary N) is 1. The quantitative estimate of drug-likeness (QED) is 0.782. The van der Waals surface area contributed by atoms with Crippen LogP contribution < -0.4 is 10.2 Å². The van der Waals surface area contributed by atoms with Crippen LogP contribution in [0.5, 0.6) is 0 Å². The van der Waals surface area contributed by atoms with E-state index in [0.717, 1.165) is 19.0 Å². The molecule has 0 aromatic heterocycles. The van der Waals surface area contributed by atoms with Crippen molar-refractivity contribution in [2.45, 2.75) is 46.1 Å². The third-order valence-electron chi connectivity index (χ3n) is 4.17. The lowest BCUT2D eigenvalue weighted by Crippen LogP contribution is -2.36. The molecular weight excluding hydrogens is 232 g/mol. The van der Waals surface area contributed by atoms with Gasteiger partial charge >= 0.3 is 0 Å². The number of piperidine rings is 1. The first-order valence-corrected chi connectivity index (χ1v) is 7.88. The fourth-order valence-corrected chi connectivity index (χ4v) is 2.99. The summed E-state index contributed by atoms with van der Waals surface area (Å²) in [6, 6.07) is 8.90. The van der Waals surface area contributed by atoms with E-state index in [1.54, 1.807) is 0 Å². The van der Waals surface area contributed by atoms with Gasteiger partial charge in [0.2, 0.25) is 0 Å². The van der Waals surface area contributed by atoms with E-state index in [4.69, 9.17) is 0 Å². The number of anilines is 1. The fraction of sp³-hybridized carbons (Fsp3) is 0.647. The molecule has 1 N–H and O–H groups in total. The summed E-state index contributed by atoms with van der Waals surface area (Å²) >= 11 is 0. The molecule has 1 aliphatic rings. The van der Waals surface area contributed by atoms with Crippen LogP contribution in [-0.2, 0) is 6.54 Å². The number of nitrogens with zero attached hydrogens (tertiary/aromatic N) is 1. The molecule has 0 bridgehead atoms. The Morgan fingerprint density at radius 2 is 2.11 bits per heavy atom. The van der Waals surface area contributed by atoms with Gasteiger partial charge in [-0.3, -0.25) is 0 Å². The lowest BCUT2D eigenvalue weighted by Gasteiger charge is -2.35. The molecular formula is C17H28N2. The molecule has 2 rings (SSSR count). The van der Waals surface area contributed by atoms with E-state index >= 15 is 0 Å². The number of benzene rings is 1. The van der Waals surface area contributed by atoms with Crippen LogP contribution >= 0.6 is 0 Å². The molecule has 0 radical (unpaired) electrons. The second kappa shape index (κ2) is 7.54. The molecule has 0 aliphatic carbocycles. The van der Waals surface area contributed by atoms with Crippen molar-refractivity contribution in [1.82, 2.24) is 5.32 Å². The molecule has 2 nitrogen and oxygen atoms in total. The molecule has 0 saturated carbocycles. The van der Waals surface area contributed by atoms with Crippen molar-refractivity contribution in [3.63, 3.8) is 0 Å². The van der Waals surface area contributed by atoms with Gasteiger partial charge in [-0.1, -0.05) is 38.5 Å². The van der Waals surface area contributed by atoms with Crippen LogP contribution in [0, 0.1) is 5.92 Å². The number of rotatable bonds is 6. The highest BCUT2D eigenvalue weighted by molar-refractivity contribution is 5.54. The van der Waals surface area contributed by atoms with Crippen LogP contribution in [-0.4, -0.2) is 19.6 Å². The second-order valence-corrected chi connectivity index (χ2v) is 5.67. The highest BCUT2D eigenvalue weighted by Crippen LogP contribution is 2.27. The maximum Gasteiger partial charge on any atom is 0.0411 e. The zero-order valence-electron chi connectivity index (χ0n) is 12.5. The fourth-order valence-electron chi connectivity index (χ4n) is 2.99. The van der Waals surface area contributed by atoms with E-state index in [9.17, 15) is 0 Å². The lowest BCUT2D eigenvalue weighted by molar-refractivity contribution is 0.404. The highest BCUT2D eigenvalue weighted by atomic mass is 15.1. The van der Waals surface area contributed by atoms with E-state index in [-0.39, 0.29) is 0 Å². The molecule has 1 aliphatic heterocycles. The van der Waals surface area contributed by atoms with Crippen LogP contribution in [0.25, 0.3) is 0 Å². The number of hydrogen-bond acceptors (Lipinski definition) is 2. The molecule has 1 fully saturated rings. The lowest BCUT2D eigenvalue weighted by atomic mass is 9.94. The Kier molecular flexibility index (Phi) is 5.71. The smallest absolute Gasteiger partial charge is 0.0411 e. The zero-order chi connectivity index (χ0) is 13.5. The molecule has 1 atom stereocenters. The van der Waals surface area contributed by atoms with Gasteiger partial charge in [0.25, 0.3) is 0 Å². The largest absolute Gasteiger partial charge is 0.371 e. The van der Waals surface area contributed by atoms with E-state index in [1.165, 1.54) is 50.0 Å². The SMILES string of the molecule is CCCNCc1ccccc1N1CCCC(CC)C1. The standard InChI is InChI=1S/C17H28N2/c1-3-11-18-13-16-9-5-6-10-17(16)19-12-7-8-15(4-2)14-19/h5-6,9-10,15,18H,3-4,7-8,11-14H2,1-2H3. The van der Waals surface area contributed by atoms with Crippen molar-refractivity contribution in [3.05, 3.63) is 29.8 Å². The molecule has 1 unspecified atom stereocenters. The Morgan fingerprint density at radius 1 is 1.26 bits per heavy atom. The Morgan fingerprint density at radius 3 is 2.89 bits per heavy atom. The molecule has 0 spiro atoms. The van der Waals surface area contributed by atoms with Crippen molar-refractivity contribution < 1.29 is 0 Å². The topological polar surface area (TPSA) is 15.3 Å². The molecule has 0 amide bonds. The van der Waals surface area contributed by atoms with E-state index < -0.39 is 0 Å². The summed E-state index contributed by atoms with van der Waals surface area (Å²) in [6.07, 6.45) is 5.26. The van der Waals surface area contributed by atoms with Gasteiger partial charge in [-0.2, -0.15) is 0 Å². The summed E-state index contributed by atoms with van der Waals surface area (Å²) in [5.74, 6) is 0.880. The van der Waals surface area contributed by atoms with Gasteiger partial charge in [0.05, 0.1) is 0 Å². The summed E-state index contributed by atoms with van der Waals surface area (Å²) < 4.78 is 0. The van der Waals surface area contributed by atoms with Crippen LogP contribution in [0.1, 0.15) is 45.1 Å². The minimum absolute atomic E-state index is 0.880. The monoisotopic (exact) mass is 260 g/mol. The Hall–Kier alpha value is -1.02. The van der Waals surface area contributed by atoms with Gasteiger partial charge in [0.15, 0.2) is 0 Å². The second-order valence-electron chi connectivity index (χ2n) is 5.67. The van der Waals surface area contributed by atoms with Crippen molar-refractivity contribution in [2.24, 2.45) is 5.92 Å². The third-order valence-corrected chi connectivity index (χ3v) is 4.17. The number of para-hydroxylation sites is 1. The predicted octanol–water partition coefficient (Wildman–Crippen LogP) is 3.81. The van der Waals surface area contributed by atoms with Crippen molar-refractivity contribution in [2.75, 3.05) is 24.5 Å². The first kappa shape index (κ1) is 14.4. The number of hydrogen-bond donors (Lipinski definition) is 1. The van der Waals surface area contributed by atoms with Gasteiger partial charge < -0.3 is 10.2 Å². The summed E-state index contributed by atoms with van der Waals surface area (Å²) in [7, 11) is 0. The van der Waals surface area contributed by atoms with Crippen molar-refractivity contribution in [3.8, 4) is 0 Å². The molecule has 1 aromatic carbocycles. The molecule has 2 heteroatoms. The molecule has 19 heavy (non-hydrogen) atoms. The summed E-state index contributed by atoms with van der Waals surface area (Å²) in [6.45, 7) is 9.10. The predicted molar refractivity (Wildman–Crippen MR) is 83.7 cm³/mol. The highest BCUT2D eigenvalue weighted by Gasteiger charge is 2.20. The van der Waals surface area contributed by atoms with Gasteiger partial charge in [-0.25, -0.2) is 0 Å². The molecule has 1 saturated heterocycles. The average Bonchev–Trinajstić information content (AvgIpc) is 2.48. The van der Waals surface area contributed by atoms with Gasteiger partial charge in [-0.15, -0.1) is 0 Å². The van der Waals surface area contributed by atoms with Gasteiger partial charge in [0.1, 0.15) is 0 Å². The third kappa shape index (κ3) is 3.97. The average molecular weight is 260 g/mol. The van der Waals surface area contributed by atoms with Crippen molar-refractivity contribution in [1.29, 1.82) is 0 Å². The van der Waals surface area contributed by atoms with E-state index in [0.29, 0.717) is 0 Å². The van der Waals surface area contributed by atoms with Gasteiger partial charge in [-0.05, 0) is 43.4 Å². The molecule has 1 heterocycles. The van der Waals surface area contributed by atoms with Gasteiger partial charge in [0, 0.05) is 25.3 Å². The Bertz CT molecular complexity index is 375. The maximum atomic E-state index is 3.53. The Labute approximate surface area is 118 Å². The van der Waals surface area contributed by atoms with Crippen LogP contribution in [0.2, 0.25) is 0 Å². The normalized spacial score (nSPS) is 19.7.